The first-order valence-electron chi connectivity index (χ1n) is 12.3. The SMILES string of the molecule is CC[C@H](C)[C@H](NC(=O)C(C)CC(=O)O)C(=O)NCC(=O)N1c2ccccc2C[C@H]1C(=O)NCc1nn[nH]n1. The predicted octanol–water partition coefficient (Wildman–Crippen LogP) is -0.468. The number of aromatic nitrogens is 4. The molecule has 1 aliphatic heterocycles. The molecule has 0 saturated heterocycles. The highest BCUT2D eigenvalue weighted by atomic mass is 16.4. The first-order valence-corrected chi connectivity index (χ1v) is 12.3. The molecular formula is C24H32N8O6. The van der Waals surface area contributed by atoms with Crippen molar-refractivity contribution in [2.75, 3.05) is 11.4 Å². The summed E-state index contributed by atoms with van der Waals surface area (Å²) in [4.78, 5) is 64.1. The van der Waals surface area contributed by atoms with Crippen LogP contribution >= 0.6 is 0 Å². The van der Waals surface area contributed by atoms with Crippen LogP contribution in [0.5, 0.6) is 0 Å². The number of rotatable bonds is 12. The highest BCUT2D eigenvalue weighted by Crippen LogP contribution is 2.32. The predicted molar refractivity (Wildman–Crippen MR) is 133 cm³/mol. The number of carboxylic acids is 1. The van der Waals surface area contributed by atoms with Gasteiger partial charge < -0.3 is 21.1 Å². The number of carbonyl (C=O) groups excluding carboxylic acids is 4. The molecule has 2 heterocycles. The van der Waals surface area contributed by atoms with Crippen LogP contribution in [0.25, 0.3) is 0 Å². The van der Waals surface area contributed by atoms with Crippen molar-refractivity contribution in [3.8, 4) is 0 Å². The molecule has 2 aromatic rings. The molecule has 1 unspecified atom stereocenters. The van der Waals surface area contributed by atoms with Crippen molar-refractivity contribution >= 4 is 35.3 Å². The zero-order valence-corrected chi connectivity index (χ0v) is 21.4. The van der Waals surface area contributed by atoms with E-state index in [1.165, 1.54) is 11.8 Å². The van der Waals surface area contributed by atoms with Crippen molar-refractivity contribution < 1.29 is 29.1 Å². The summed E-state index contributed by atoms with van der Waals surface area (Å²) < 4.78 is 0. The van der Waals surface area contributed by atoms with Gasteiger partial charge in [0.1, 0.15) is 12.1 Å². The third-order valence-electron chi connectivity index (χ3n) is 6.49. The van der Waals surface area contributed by atoms with Gasteiger partial charge in [-0.3, -0.25) is 28.9 Å². The third-order valence-corrected chi connectivity index (χ3v) is 6.49. The molecule has 1 aromatic carbocycles. The minimum Gasteiger partial charge on any atom is -0.481 e. The number of carboxylic acid groups (broad SMARTS) is 1. The summed E-state index contributed by atoms with van der Waals surface area (Å²) in [5.74, 6) is -4.00. The number of hydrogen-bond acceptors (Lipinski definition) is 8. The fraction of sp³-hybridized carbons (Fsp3) is 0.500. The molecular weight excluding hydrogens is 496 g/mol. The second-order valence-corrected chi connectivity index (χ2v) is 9.25. The van der Waals surface area contributed by atoms with Crippen molar-refractivity contribution in [1.29, 1.82) is 0 Å². The average Bonchev–Trinajstić information content (AvgIpc) is 3.55. The largest absolute Gasteiger partial charge is 0.481 e. The molecule has 14 heteroatoms. The van der Waals surface area contributed by atoms with Crippen LogP contribution in [0, 0.1) is 11.8 Å². The number of carbonyl (C=O) groups is 5. The zero-order chi connectivity index (χ0) is 27.8. The molecule has 4 amide bonds. The lowest BCUT2D eigenvalue weighted by Crippen LogP contribution is -2.55. The third kappa shape index (κ3) is 6.89. The van der Waals surface area contributed by atoms with Gasteiger partial charge in [-0.1, -0.05) is 50.6 Å². The van der Waals surface area contributed by atoms with Gasteiger partial charge in [0.2, 0.25) is 23.6 Å². The molecule has 4 atom stereocenters. The summed E-state index contributed by atoms with van der Waals surface area (Å²) in [6.07, 6.45) is 0.479. The van der Waals surface area contributed by atoms with E-state index < -0.39 is 54.1 Å². The summed E-state index contributed by atoms with van der Waals surface area (Å²) in [6, 6.07) is 5.32. The van der Waals surface area contributed by atoms with E-state index in [0.717, 1.165) is 5.56 Å². The molecule has 0 spiro atoms. The highest BCUT2D eigenvalue weighted by molar-refractivity contribution is 6.05. The Morgan fingerprint density at radius 2 is 1.87 bits per heavy atom. The van der Waals surface area contributed by atoms with Crippen LogP contribution in [-0.4, -0.2) is 74.0 Å². The van der Waals surface area contributed by atoms with Crippen LogP contribution in [0.2, 0.25) is 0 Å². The molecule has 1 aromatic heterocycles. The topological polar surface area (TPSA) is 199 Å². The van der Waals surface area contributed by atoms with Crippen LogP contribution < -0.4 is 20.9 Å². The lowest BCUT2D eigenvalue weighted by atomic mass is 9.97. The van der Waals surface area contributed by atoms with Crippen molar-refractivity contribution in [3.63, 3.8) is 0 Å². The summed E-state index contributed by atoms with van der Waals surface area (Å²) in [6.45, 7) is 4.71. The van der Waals surface area contributed by atoms with E-state index in [9.17, 15) is 24.0 Å². The second-order valence-electron chi connectivity index (χ2n) is 9.25. The molecule has 0 saturated carbocycles. The summed E-state index contributed by atoms with van der Waals surface area (Å²) in [7, 11) is 0. The number of aromatic amines is 1. The number of aliphatic carboxylic acids is 1. The Bertz CT molecular complexity index is 1170. The Morgan fingerprint density at radius 3 is 2.53 bits per heavy atom. The standard InChI is InChI=1S/C24H32N8O6/c1-4-13(2)21(27-22(36)14(3)9-20(34)35)24(38)26-12-19(33)32-16-8-6-5-7-15(16)10-17(32)23(37)25-11-18-28-30-31-29-18/h5-8,13-14,17,21H,4,9-12H2,1-3H3,(H,25,37)(H,26,38)(H,27,36)(H,34,35)(H,28,29,30,31)/t13-,14?,17-,21-/m0/s1. The molecule has 5 N–H and O–H groups in total. The molecule has 0 bridgehead atoms. The van der Waals surface area contributed by atoms with E-state index in [1.807, 2.05) is 19.1 Å². The normalized spacial score (nSPS) is 16.6. The number of para-hydroxylation sites is 1. The number of nitrogens with one attached hydrogen (secondary N) is 4. The van der Waals surface area contributed by atoms with Gasteiger partial charge in [0, 0.05) is 18.0 Å². The fourth-order valence-electron chi connectivity index (χ4n) is 4.16. The summed E-state index contributed by atoms with van der Waals surface area (Å²) in [5.41, 5.74) is 1.38. The van der Waals surface area contributed by atoms with Crippen LogP contribution in [0.15, 0.2) is 24.3 Å². The number of nitrogens with zero attached hydrogens (tertiary/aromatic N) is 4. The Balaban J connectivity index is 1.68. The van der Waals surface area contributed by atoms with Gasteiger partial charge in [0.05, 0.1) is 19.5 Å². The van der Waals surface area contributed by atoms with Crippen molar-refractivity contribution in [2.45, 2.75) is 58.7 Å². The van der Waals surface area contributed by atoms with Gasteiger partial charge in [-0.25, -0.2) is 0 Å². The number of amides is 4. The van der Waals surface area contributed by atoms with E-state index in [1.54, 1.807) is 19.1 Å². The molecule has 204 valence electrons. The van der Waals surface area contributed by atoms with Gasteiger partial charge in [0.25, 0.3) is 0 Å². The summed E-state index contributed by atoms with van der Waals surface area (Å²) >= 11 is 0. The second kappa shape index (κ2) is 12.7. The number of benzene rings is 1. The van der Waals surface area contributed by atoms with Crippen molar-refractivity contribution in [3.05, 3.63) is 35.7 Å². The number of hydrogen-bond donors (Lipinski definition) is 5. The molecule has 1 aliphatic rings. The van der Waals surface area contributed by atoms with Gasteiger partial charge >= 0.3 is 5.97 Å². The summed E-state index contributed by atoms with van der Waals surface area (Å²) in [5, 5.41) is 30.2. The maximum Gasteiger partial charge on any atom is 0.304 e. The van der Waals surface area contributed by atoms with E-state index >= 15 is 0 Å². The Morgan fingerprint density at radius 1 is 1.13 bits per heavy atom. The number of H-pyrrole nitrogens is 1. The van der Waals surface area contributed by atoms with Crippen LogP contribution in [0.1, 0.15) is 45.0 Å². The zero-order valence-electron chi connectivity index (χ0n) is 21.4. The maximum absolute atomic E-state index is 13.3. The molecule has 0 radical (unpaired) electrons. The van der Waals surface area contributed by atoms with Crippen LogP contribution in [0.4, 0.5) is 5.69 Å². The lowest BCUT2D eigenvalue weighted by Gasteiger charge is -2.27. The maximum atomic E-state index is 13.3. The smallest absolute Gasteiger partial charge is 0.304 e. The Labute approximate surface area is 218 Å². The first-order chi connectivity index (χ1) is 18.1. The number of fused-ring (bicyclic) bond motifs is 1. The first kappa shape index (κ1) is 28.2. The van der Waals surface area contributed by atoms with E-state index in [4.69, 9.17) is 5.11 Å². The van der Waals surface area contributed by atoms with Crippen LogP contribution in [-0.2, 0) is 36.9 Å². The van der Waals surface area contributed by atoms with E-state index in [0.29, 0.717) is 18.5 Å². The monoisotopic (exact) mass is 528 g/mol. The lowest BCUT2D eigenvalue weighted by molar-refractivity contribution is -0.141. The van der Waals surface area contributed by atoms with Crippen LogP contribution in [0.3, 0.4) is 0 Å². The molecule has 0 fully saturated rings. The van der Waals surface area contributed by atoms with Gasteiger partial charge in [-0.15, -0.1) is 10.2 Å². The van der Waals surface area contributed by atoms with Gasteiger partial charge in [-0.2, -0.15) is 5.21 Å². The molecule has 38 heavy (non-hydrogen) atoms. The van der Waals surface area contributed by atoms with E-state index in [2.05, 4.69) is 36.6 Å². The molecule has 14 nitrogen and oxygen atoms in total. The number of anilines is 1. The quantitative estimate of drug-likeness (QED) is 0.242. The minimum atomic E-state index is -1.12. The average molecular weight is 529 g/mol. The van der Waals surface area contributed by atoms with E-state index in [-0.39, 0.29) is 24.7 Å². The van der Waals surface area contributed by atoms with Gasteiger partial charge in [0.15, 0.2) is 5.82 Å². The fourth-order valence-corrected chi connectivity index (χ4v) is 4.16. The number of tetrazole rings is 1. The Kier molecular flexibility index (Phi) is 9.46. The van der Waals surface area contributed by atoms with Crippen molar-refractivity contribution in [1.82, 2.24) is 36.6 Å². The van der Waals surface area contributed by atoms with Gasteiger partial charge in [-0.05, 0) is 17.5 Å². The molecule has 3 rings (SSSR count). The molecule has 0 aliphatic carbocycles. The van der Waals surface area contributed by atoms with Crippen molar-refractivity contribution in [2.24, 2.45) is 11.8 Å². The highest BCUT2D eigenvalue weighted by Gasteiger charge is 2.38. The Hall–Kier alpha value is -4.36. The minimum absolute atomic E-state index is 0.0253.